The van der Waals surface area contributed by atoms with Gasteiger partial charge in [0.15, 0.2) is 0 Å². The summed E-state index contributed by atoms with van der Waals surface area (Å²) in [5.74, 6) is -2.05. The largest absolute Gasteiger partial charge is 0.481 e. The van der Waals surface area contributed by atoms with Gasteiger partial charge < -0.3 is 15.4 Å². The maximum absolute atomic E-state index is 12.3. The first-order valence-corrected chi connectivity index (χ1v) is 7.70. The lowest BCUT2D eigenvalue weighted by atomic mass is 9.99. The summed E-state index contributed by atoms with van der Waals surface area (Å²) in [6.07, 6.45) is 0. The van der Waals surface area contributed by atoms with Crippen LogP contribution in [0.1, 0.15) is 27.5 Å². The Labute approximate surface area is 139 Å². The summed E-state index contributed by atoms with van der Waals surface area (Å²) >= 11 is 0. The van der Waals surface area contributed by atoms with Crippen molar-refractivity contribution in [3.63, 3.8) is 0 Å². The van der Waals surface area contributed by atoms with Crippen molar-refractivity contribution in [2.45, 2.75) is 12.8 Å². The highest BCUT2D eigenvalue weighted by Crippen LogP contribution is 2.18. The zero-order chi connectivity index (χ0) is 17.1. The van der Waals surface area contributed by atoms with Gasteiger partial charge in [0, 0.05) is 17.4 Å². The topological polar surface area (TPSA) is 82.2 Å². The highest BCUT2D eigenvalue weighted by Gasteiger charge is 2.21. The molecule has 1 atom stereocenters. The van der Waals surface area contributed by atoms with Gasteiger partial charge in [0.1, 0.15) is 5.69 Å². The van der Waals surface area contributed by atoms with Gasteiger partial charge in [-0.15, -0.1) is 0 Å². The van der Waals surface area contributed by atoms with E-state index in [-0.39, 0.29) is 12.5 Å². The first kappa shape index (κ1) is 15.8. The summed E-state index contributed by atoms with van der Waals surface area (Å²) < 4.78 is 0. The maximum Gasteiger partial charge on any atom is 0.312 e. The van der Waals surface area contributed by atoms with Crippen molar-refractivity contribution in [1.29, 1.82) is 0 Å². The Morgan fingerprint density at radius 3 is 2.58 bits per heavy atom. The van der Waals surface area contributed by atoms with Gasteiger partial charge in [-0.1, -0.05) is 42.0 Å². The second-order valence-corrected chi connectivity index (χ2v) is 5.79. The number of carbonyl (C=O) groups is 2. The van der Waals surface area contributed by atoms with Crippen LogP contribution in [0.3, 0.4) is 0 Å². The fourth-order valence-corrected chi connectivity index (χ4v) is 2.70. The van der Waals surface area contributed by atoms with Crippen molar-refractivity contribution in [2.75, 3.05) is 6.54 Å². The van der Waals surface area contributed by atoms with E-state index < -0.39 is 11.9 Å². The number of carboxylic acids is 1. The number of rotatable bonds is 5. The summed E-state index contributed by atoms with van der Waals surface area (Å²) in [6, 6.07) is 16.5. The van der Waals surface area contributed by atoms with E-state index in [0.29, 0.717) is 11.3 Å². The smallest absolute Gasteiger partial charge is 0.312 e. The lowest BCUT2D eigenvalue weighted by Crippen LogP contribution is -2.31. The van der Waals surface area contributed by atoms with Crippen molar-refractivity contribution in [2.24, 2.45) is 0 Å². The lowest BCUT2D eigenvalue weighted by Gasteiger charge is -2.13. The van der Waals surface area contributed by atoms with E-state index in [2.05, 4.69) is 10.3 Å². The molecule has 0 aliphatic rings. The van der Waals surface area contributed by atoms with Crippen LogP contribution >= 0.6 is 0 Å². The van der Waals surface area contributed by atoms with Crippen LogP contribution in [0.4, 0.5) is 0 Å². The molecule has 0 fully saturated rings. The first-order chi connectivity index (χ1) is 11.5. The fourth-order valence-electron chi connectivity index (χ4n) is 2.70. The second-order valence-electron chi connectivity index (χ2n) is 5.79. The maximum atomic E-state index is 12.3. The molecule has 0 aliphatic heterocycles. The monoisotopic (exact) mass is 322 g/mol. The Morgan fingerprint density at radius 1 is 1.12 bits per heavy atom. The van der Waals surface area contributed by atoms with E-state index in [1.165, 1.54) is 0 Å². The van der Waals surface area contributed by atoms with Gasteiger partial charge in [-0.3, -0.25) is 9.59 Å². The number of amides is 1. The number of fused-ring (bicyclic) bond motifs is 1. The van der Waals surface area contributed by atoms with Crippen LogP contribution in [0.2, 0.25) is 0 Å². The van der Waals surface area contributed by atoms with Crippen molar-refractivity contribution in [3.8, 4) is 0 Å². The van der Waals surface area contributed by atoms with Crippen LogP contribution in [0, 0.1) is 6.92 Å². The Kier molecular flexibility index (Phi) is 4.33. The van der Waals surface area contributed by atoms with Crippen LogP contribution in [-0.2, 0) is 4.79 Å². The number of aromatic nitrogens is 1. The molecule has 0 bridgehead atoms. The quantitative estimate of drug-likeness (QED) is 0.675. The van der Waals surface area contributed by atoms with Gasteiger partial charge in [-0.25, -0.2) is 0 Å². The number of nitrogens with one attached hydrogen (secondary N) is 2. The first-order valence-electron chi connectivity index (χ1n) is 7.70. The summed E-state index contributed by atoms with van der Waals surface area (Å²) in [5, 5.41) is 13.1. The summed E-state index contributed by atoms with van der Waals surface area (Å²) in [6.45, 7) is 2.02. The van der Waals surface area contributed by atoms with Crippen LogP contribution in [0.15, 0.2) is 54.6 Å². The normalized spacial score (nSPS) is 12.0. The summed E-state index contributed by atoms with van der Waals surface area (Å²) in [4.78, 5) is 26.8. The number of H-pyrrole nitrogens is 1. The number of carboxylic acid groups (broad SMARTS) is 1. The summed E-state index contributed by atoms with van der Waals surface area (Å²) in [5.41, 5.74) is 3.08. The number of aromatic amines is 1. The van der Waals surface area contributed by atoms with Crippen molar-refractivity contribution >= 4 is 22.8 Å². The van der Waals surface area contributed by atoms with E-state index in [1.54, 1.807) is 30.3 Å². The molecule has 1 amide bonds. The molecule has 0 radical (unpaired) electrons. The Balaban J connectivity index is 1.74. The minimum atomic E-state index is -0.964. The highest BCUT2D eigenvalue weighted by atomic mass is 16.4. The SMILES string of the molecule is Cc1ccc2[nH]c(C(=O)NCC(C(=O)O)c3ccccc3)cc2c1. The van der Waals surface area contributed by atoms with Crippen molar-refractivity contribution < 1.29 is 14.7 Å². The van der Waals surface area contributed by atoms with Crippen LogP contribution in [-0.4, -0.2) is 28.5 Å². The third kappa shape index (κ3) is 3.30. The minimum Gasteiger partial charge on any atom is -0.481 e. The average molecular weight is 322 g/mol. The molecule has 1 aromatic heterocycles. The van der Waals surface area contributed by atoms with Gasteiger partial charge in [-0.2, -0.15) is 0 Å². The average Bonchev–Trinajstić information content (AvgIpc) is 2.98. The highest BCUT2D eigenvalue weighted by molar-refractivity contribution is 5.98. The van der Waals surface area contributed by atoms with E-state index >= 15 is 0 Å². The Hall–Kier alpha value is -3.08. The molecule has 0 saturated carbocycles. The number of hydrogen-bond donors (Lipinski definition) is 3. The molecule has 5 heteroatoms. The van der Waals surface area contributed by atoms with Crippen molar-refractivity contribution in [1.82, 2.24) is 10.3 Å². The van der Waals surface area contributed by atoms with Crippen LogP contribution < -0.4 is 5.32 Å². The van der Waals surface area contributed by atoms with Gasteiger partial charge in [-0.05, 0) is 30.7 Å². The van der Waals surface area contributed by atoms with E-state index in [1.807, 2.05) is 31.2 Å². The Morgan fingerprint density at radius 2 is 1.88 bits per heavy atom. The van der Waals surface area contributed by atoms with Crippen LogP contribution in [0.25, 0.3) is 10.9 Å². The molecule has 3 N–H and O–H groups in total. The second kappa shape index (κ2) is 6.58. The molecule has 3 rings (SSSR count). The standard InChI is InChI=1S/C19H18N2O3/c1-12-7-8-16-14(9-12)10-17(21-16)18(22)20-11-15(19(23)24)13-5-3-2-4-6-13/h2-10,15,21H,11H2,1H3,(H,20,22)(H,23,24). The lowest BCUT2D eigenvalue weighted by molar-refractivity contribution is -0.138. The number of hydrogen-bond acceptors (Lipinski definition) is 2. The molecule has 2 aromatic carbocycles. The molecule has 122 valence electrons. The number of aryl methyl sites for hydroxylation is 1. The molecule has 24 heavy (non-hydrogen) atoms. The zero-order valence-corrected chi connectivity index (χ0v) is 13.2. The molecule has 3 aromatic rings. The van der Waals surface area contributed by atoms with Crippen LogP contribution in [0.5, 0.6) is 0 Å². The molecule has 0 aliphatic carbocycles. The van der Waals surface area contributed by atoms with E-state index in [9.17, 15) is 14.7 Å². The predicted molar refractivity (Wildman–Crippen MR) is 92.2 cm³/mol. The van der Waals surface area contributed by atoms with Gasteiger partial charge in [0.25, 0.3) is 5.91 Å². The third-order valence-electron chi connectivity index (χ3n) is 3.99. The van der Waals surface area contributed by atoms with Gasteiger partial charge in [0.2, 0.25) is 0 Å². The molecule has 1 heterocycles. The summed E-state index contributed by atoms with van der Waals surface area (Å²) in [7, 11) is 0. The molecule has 0 spiro atoms. The number of aliphatic carboxylic acids is 1. The van der Waals surface area contributed by atoms with Crippen molar-refractivity contribution in [3.05, 3.63) is 71.4 Å². The van der Waals surface area contributed by atoms with Gasteiger partial charge >= 0.3 is 5.97 Å². The Bertz CT molecular complexity index is 884. The van der Waals surface area contributed by atoms with E-state index in [0.717, 1.165) is 16.5 Å². The zero-order valence-electron chi connectivity index (χ0n) is 13.2. The predicted octanol–water partition coefficient (Wildman–Crippen LogP) is 3.07. The molecular weight excluding hydrogens is 304 g/mol. The number of carbonyl (C=O) groups excluding carboxylic acids is 1. The molecule has 0 saturated heterocycles. The number of benzene rings is 2. The minimum absolute atomic E-state index is 0.0343. The fraction of sp³-hybridized carbons (Fsp3) is 0.158. The molecular formula is C19H18N2O3. The third-order valence-corrected chi connectivity index (χ3v) is 3.99. The van der Waals surface area contributed by atoms with E-state index in [4.69, 9.17) is 0 Å². The van der Waals surface area contributed by atoms with Gasteiger partial charge in [0.05, 0.1) is 5.92 Å². The molecule has 1 unspecified atom stereocenters. The molecule has 5 nitrogen and oxygen atoms in total.